The minimum atomic E-state index is -0.446. The molecular weight excluding hydrogens is 312 g/mol. The van der Waals surface area contributed by atoms with Gasteiger partial charge in [0.15, 0.2) is 0 Å². The molecule has 1 heterocycles. The monoisotopic (exact) mass is 334 g/mol. The maximum atomic E-state index is 12.1. The smallest absolute Gasteiger partial charge is 0.348 e. The van der Waals surface area contributed by atoms with Gasteiger partial charge in [0.25, 0.3) is 0 Å². The van der Waals surface area contributed by atoms with Crippen LogP contribution in [0.2, 0.25) is 0 Å². The third-order valence-electron chi connectivity index (χ3n) is 4.23. The number of thiophene rings is 1. The number of ether oxygens (including phenoxy) is 1. The Kier molecular flexibility index (Phi) is 6.17. The summed E-state index contributed by atoms with van der Waals surface area (Å²) in [6.45, 7) is 3.72. The average Bonchev–Trinajstić information content (AvgIpc) is 3.13. The minimum absolute atomic E-state index is 0.0925. The summed E-state index contributed by atoms with van der Waals surface area (Å²) in [5.74, 6) is 0.111. The molecule has 124 valence electrons. The molecule has 0 saturated heterocycles. The number of nitriles is 1. The molecule has 23 heavy (non-hydrogen) atoms. The van der Waals surface area contributed by atoms with Crippen LogP contribution in [0.3, 0.4) is 0 Å². The zero-order chi connectivity index (χ0) is 16.8. The molecule has 2 rings (SSSR count). The van der Waals surface area contributed by atoms with E-state index >= 15 is 0 Å². The molecule has 1 aliphatic rings. The van der Waals surface area contributed by atoms with Gasteiger partial charge in [0.1, 0.15) is 15.9 Å². The van der Waals surface area contributed by atoms with Gasteiger partial charge in [0.2, 0.25) is 5.91 Å². The second-order valence-corrected chi connectivity index (χ2v) is 6.85. The van der Waals surface area contributed by atoms with E-state index < -0.39 is 5.97 Å². The number of nitrogens with one attached hydrogen (secondary N) is 1. The zero-order valence-electron chi connectivity index (χ0n) is 13.6. The predicted octanol–water partition coefficient (Wildman–Crippen LogP) is 4.01. The molecule has 0 unspecified atom stereocenters. The van der Waals surface area contributed by atoms with Gasteiger partial charge < -0.3 is 10.1 Å². The number of esters is 1. The number of amides is 1. The van der Waals surface area contributed by atoms with Crippen LogP contribution in [0.5, 0.6) is 0 Å². The first-order valence-corrected chi connectivity index (χ1v) is 8.88. The van der Waals surface area contributed by atoms with Gasteiger partial charge >= 0.3 is 5.97 Å². The lowest BCUT2D eigenvalue weighted by atomic mass is 10.0. The van der Waals surface area contributed by atoms with Crippen LogP contribution in [-0.2, 0) is 9.53 Å². The van der Waals surface area contributed by atoms with E-state index in [1.807, 2.05) is 0 Å². The van der Waals surface area contributed by atoms with Gasteiger partial charge in [-0.25, -0.2) is 4.79 Å². The van der Waals surface area contributed by atoms with E-state index in [0.29, 0.717) is 33.3 Å². The van der Waals surface area contributed by atoms with Crippen molar-refractivity contribution in [1.29, 1.82) is 5.26 Å². The van der Waals surface area contributed by atoms with Crippen molar-refractivity contribution in [1.82, 2.24) is 0 Å². The number of carbonyl (C=O) groups excluding carboxylic acids is 2. The summed E-state index contributed by atoms with van der Waals surface area (Å²) in [5.41, 5.74) is 0.925. The van der Waals surface area contributed by atoms with Crippen LogP contribution in [0, 0.1) is 24.2 Å². The topological polar surface area (TPSA) is 79.2 Å². The van der Waals surface area contributed by atoms with Gasteiger partial charge in [0, 0.05) is 6.42 Å². The standard InChI is InChI=1S/C17H22N2O3S/c1-3-22-17(21)15-11(2)13(10-18)16(23-15)19-14(20)9-8-12-6-4-5-7-12/h12H,3-9H2,1-2H3,(H,19,20). The average molecular weight is 334 g/mol. The fourth-order valence-electron chi connectivity index (χ4n) is 2.95. The molecular formula is C17H22N2O3S. The molecule has 0 aromatic carbocycles. The second kappa shape index (κ2) is 8.11. The molecule has 1 saturated carbocycles. The number of rotatable bonds is 6. The SMILES string of the molecule is CCOC(=O)c1sc(NC(=O)CCC2CCCC2)c(C#N)c1C. The lowest BCUT2D eigenvalue weighted by Gasteiger charge is -2.08. The van der Waals surface area contributed by atoms with E-state index in [1.165, 1.54) is 25.7 Å². The Balaban J connectivity index is 2.03. The summed E-state index contributed by atoms with van der Waals surface area (Å²) in [5, 5.41) is 12.5. The van der Waals surface area contributed by atoms with Crippen LogP contribution < -0.4 is 5.32 Å². The van der Waals surface area contributed by atoms with Crippen molar-refractivity contribution < 1.29 is 14.3 Å². The van der Waals surface area contributed by atoms with Crippen LogP contribution in [0.15, 0.2) is 0 Å². The van der Waals surface area contributed by atoms with Crippen molar-refractivity contribution in [3.63, 3.8) is 0 Å². The van der Waals surface area contributed by atoms with E-state index in [4.69, 9.17) is 4.74 Å². The largest absolute Gasteiger partial charge is 0.462 e. The van der Waals surface area contributed by atoms with Crippen LogP contribution in [-0.4, -0.2) is 18.5 Å². The number of nitrogens with zero attached hydrogens (tertiary/aromatic N) is 1. The van der Waals surface area contributed by atoms with Crippen LogP contribution in [0.25, 0.3) is 0 Å². The van der Waals surface area contributed by atoms with Gasteiger partial charge in [-0.3, -0.25) is 4.79 Å². The first-order valence-electron chi connectivity index (χ1n) is 8.07. The maximum Gasteiger partial charge on any atom is 0.348 e. The maximum absolute atomic E-state index is 12.1. The van der Waals surface area contributed by atoms with Crippen molar-refractivity contribution in [2.24, 2.45) is 5.92 Å². The number of carbonyl (C=O) groups is 2. The van der Waals surface area contributed by atoms with E-state index in [9.17, 15) is 14.9 Å². The molecule has 1 aliphatic carbocycles. The number of anilines is 1. The Morgan fingerprint density at radius 1 is 1.39 bits per heavy atom. The third-order valence-corrected chi connectivity index (χ3v) is 5.41. The molecule has 1 amide bonds. The summed E-state index contributed by atoms with van der Waals surface area (Å²) in [6.07, 6.45) is 6.30. The molecule has 0 spiro atoms. The summed E-state index contributed by atoms with van der Waals surface area (Å²) >= 11 is 1.12. The van der Waals surface area contributed by atoms with Gasteiger partial charge in [-0.1, -0.05) is 25.7 Å². The van der Waals surface area contributed by atoms with Crippen LogP contribution in [0.4, 0.5) is 5.00 Å². The summed E-state index contributed by atoms with van der Waals surface area (Å²) < 4.78 is 4.99. The fourth-order valence-corrected chi connectivity index (χ4v) is 4.02. The molecule has 1 aromatic heterocycles. The minimum Gasteiger partial charge on any atom is -0.462 e. The van der Waals surface area contributed by atoms with Gasteiger partial charge in [-0.05, 0) is 31.7 Å². The molecule has 1 N–H and O–H groups in total. The number of hydrogen-bond acceptors (Lipinski definition) is 5. The highest BCUT2D eigenvalue weighted by atomic mass is 32.1. The molecule has 0 radical (unpaired) electrons. The molecule has 0 atom stereocenters. The van der Waals surface area contributed by atoms with Crippen molar-refractivity contribution in [2.45, 2.75) is 52.4 Å². The van der Waals surface area contributed by atoms with Crippen LogP contribution in [0.1, 0.15) is 66.2 Å². The molecule has 6 heteroatoms. The summed E-state index contributed by atoms with van der Waals surface area (Å²) in [7, 11) is 0. The van der Waals surface area contributed by atoms with Crippen molar-refractivity contribution >= 4 is 28.2 Å². The van der Waals surface area contributed by atoms with Gasteiger partial charge in [-0.15, -0.1) is 11.3 Å². The van der Waals surface area contributed by atoms with Crippen molar-refractivity contribution in [2.75, 3.05) is 11.9 Å². The quantitative estimate of drug-likeness (QED) is 0.797. The van der Waals surface area contributed by atoms with E-state index in [2.05, 4.69) is 11.4 Å². The lowest BCUT2D eigenvalue weighted by molar-refractivity contribution is -0.116. The first-order chi connectivity index (χ1) is 11.1. The highest BCUT2D eigenvalue weighted by Gasteiger charge is 2.22. The zero-order valence-corrected chi connectivity index (χ0v) is 14.4. The third kappa shape index (κ3) is 4.32. The fraction of sp³-hybridized carbons (Fsp3) is 0.588. The first kappa shape index (κ1) is 17.5. The summed E-state index contributed by atoms with van der Waals surface area (Å²) in [6, 6.07) is 2.07. The van der Waals surface area contributed by atoms with E-state index in [-0.39, 0.29) is 12.5 Å². The van der Waals surface area contributed by atoms with Gasteiger partial charge in [-0.2, -0.15) is 5.26 Å². The molecule has 1 fully saturated rings. The highest BCUT2D eigenvalue weighted by Crippen LogP contribution is 2.33. The Morgan fingerprint density at radius 2 is 2.09 bits per heavy atom. The molecule has 1 aromatic rings. The Bertz CT molecular complexity index is 625. The molecule has 0 aliphatic heterocycles. The van der Waals surface area contributed by atoms with E-state index in [1.54, 1.807) is 13.8 Å². The van der Waals surface area contributed by atoms with E-state index in [0.717, 1.165) is 17.8 Å². The molecule has 5 nitrogen and oxygen atoms in total. The predicted molar refractivity (Wildman–Crippen MR) is 89.5 cm³/mol. The van der Waals surface area contributed by atoms with Crippen LogP contribution >= 0.6 is 11.3 Å². The number of hydrogen-bond donors (Lipinski definition) is 1. The Hall–Kier alpha value is -1.87. The molecule has 0 bridgehead atoms. The normalized spacial score (nSPS) is 14.5. The van der Waals surface area contributed by atoms with Crippen molar-refractivity contribution in [3.05, 3.63) is 16.0 Å². The summed E-state index contributed by atoms with van der Waals surface area (Å²) in [4.78, 5) is 24.4. The highest BCUT2D eigenvalue weighted by molar-refractivity contribution is 7.18. The Labute approximate surface area is 140 Å². The Morgan fingerprint density at radius 3 is 2.70 bits per heavy atom. The van der Waals surface area contributed by atoms with Gasteiger partial charge in [0.05, 0.1) is 12.2 Å². The second-order valence-electron chi connectivity index (χ2n) is 5.83. The lowest BCUT2D eigenvalue weighted by Crippen LogP contribution is -2.12. The van der Waals surface area contributed by atoms with Crippen molar-refractivity contribution in [3.8, 4) is 6.07 Å².